The molecule has 0 radical (unpaired) electrons. The van der Waals surface area contributed by atoms with Gasteiger partial charge in [0.25, 0.3) is 0 Å². The molecule has 7 nitrogen and oxygen atoms in total. The summed E-state index contributed by atoms with van der Waals surface area (Å²) in [5.74, 6) is 2.80. The Kier molecular flexibility index (Phi) is 6.46. The summed E-state index contributed by atoms with van der Waals surface area (Å²) in [6.45, 7) is 5.07. The Hall–Kier alpha value is -2.38. The normalized spacial score (nSPS) is 20.6. The average molecular weight is 399 g/mol. The molecule has 0 unspecified atom stereocenters. The van der Waals surface area contributed by atoms with Crippen LogP contribution < -0.4 is 4.74 Å². The fourth-order valence-electron chi connectivity index (χ4n) is 3.99. The highest BCUT2D eigenvalue weighted by molar-refractivity contribution is 5.78. The van der Waals surface area contributed by atoms with E-state index in [1.54, 1.807) is 7.11 Å². The molecule has 2 aromatic rings. The molecule has 1 aromatic carbocycles. The zero-order valence-corrected chi connectivity index (χ0v) is 17.0. The van der Waals surface area contributed by atoms with Crippen molar-refractivity contribution in [1.82, 2.24) is 14.8 Å². The smallest absolute Gasteiger partial charge is 0.236 e. The number of carbonyl (C=O) groups is 1. The maximum Gasteiger partial charge on any atom is 0.236 e. The predicted molar refractivity (Wildman–Crippen MR) is 108 cm³/mol. The fourth-order valence-corrected chi connectivity index (χ4v) is 3.99. The van der Waals surface area contributed by atoms with Crippen molar-refractivity contribution in [1.29, 1.82) is 0 Å². The van der Waals surface area contributed by atoms with Crippen LogP contribution in [0.5, 0.6) is 5.75 Å². The highest BCUT2D eigenvalue weighted by Gasteiger charge is 2.28. The summed E-state index contributed by atoms with van der Waals surface area (Å²) >= 11 is 0. The van der Waals surface area contributed by atoms with Gasteiger partial charge in [-0.2, -0.15) is 0 Å². The summed E-state index contributed by atoms with van der Waals surface area (Å²) in [4.78, 5) is 21.4. The first kappa shape index (κ1) is 19.9. The Balaban J connectivity index is 1.33. The van der Waals surface area contributed by atoms with E-state index < -0.39 is 0 Å². The molecule has 2 aliphatic heterocycles. The maximum absolute atomic E-state index is 12.7. The maximum atomic E-state index is 12.7. The van der Waals surface area contributed by atoms with Gasteiger partial charge in [0.1, 0.15) is 11.5 Å². The largest absolute Gasteiger partial charge is 0.497 e. The second-order valence-corrected chi connectivity index (χ2v) is 7.76. The second kappa shape index (κ2) is 9.41. The quantitative estimate of drug-likeness (QED) is 0.743. The molecule has 0 aliphatic carbocycles. The first-order valence-electron chi connectivity index (χ1n) is 10.4. The number of nitrogens with zero attached hydrogens (tertiary/aromatic N) is 3. The van der Waals surface area contributed by atoms with Crippen molar-refractivity contribution < 1.29 is 18.7 Å². The number of rotatable bonds is 6. The Morgan fingerprint density at radius 3 is 2.76 bits per heavy atom. The van der Waals surface area contributed by atoms with Gasteiger partial charge in [-0.25, -0.2) is 4.98 Å². The van der Waals surface area contributed by atoms with Gasteiger partial charge >= 0.3 is 0 Å². The molecule has 2 saturated heterocycles. The van der Waals surface area contributed by atoms with Gasteiger partial charge in [-0.3, -0.25) is 9.69 Å². The standard InChI is InChI=1S/C22H29N3O4/c1-27-19-6-4-17(5-7-19)13-20-14-23-22(29-20)18-3-2-8-25(15-18)21(26)16-24-9-11-28-12-10-24/h4-7,14,18H,2-3,8-13,15-16H2,1H3/t18-/m0/s1. The average Bonchev–Trinajstić information content (AvgIpc) is 3.24. The van der Waals surface area contributed by atoms with E-state index in [1.807, 2.05) is 35.4 Å². The molecule has 4 rings (SSSR count). The van der Waals surface area contributed by atoms with Crippen molar-refractivity contribution in [2.24, 2.45) is 0 Å². The molecule has 1 atom stereocenters. The summed E-state index contributed by atoms with van der Waals surface area (Å²) in [7, 11) is 1.66. The van der Waals surface area contributed by atoms with Gasteiger partial charge < -0.3 is 18.8 Å². The van der Waals surface area contributed by atoms with E-state index in [0.29, 0.717) is 32.7 Å². The van der Waals surface area contributed by atoms with E-state index in [2.05, 4.69) is 9.88 Å². The molecular weight excluding hydrogens is 370 g/mol. The third kappa shape index (κ3) is 5.16. The summed E-state index contributed by atoms with van der Waals surface area (Å²) in [5, 5.41) is 0. The third-order valence-corrected chi connectivity index (χ3v) is 5.69. The minimum atomic E-state index is 0.169. The Morgan fingerprint density at radius 1 is 1.21 bits per heavy atom. The molecule has 7 heteroatoms. The predicted octanol–water partition coefficient (Wildman–Crippen LogP) is 2.31. The number of amides is 1. The number of benzene rings is 1. The second-order valence-electron chi connectivity index (χ2n) is 7.76. The highest BCUT2D eigenvalue weighted by atomic mass is 16.5. The number of aromatic nitrogens is 1. The molecule has 0 spiro atoms. The summed E-state index contributed by atoms with van der Waals surface area (Å²) in [6.07, 6.45) is 4.50. The molecule has 0 saturated carbocycles. The number of oxazole rings is 1. The molecule has 1 amide bonds. The first-order valence-corrected chi connectivity index (χ1v) is 10.4. The number of hydrogen-bond donors (Lipinski definition) is 0. The molecule has 29 heavy (non-hydrogen) atoms. The number of carbonyl (C=O) groups excluding carboxylic acids is 1. The zero-order chi connectivity index (χ0) is 20.1. The summed E-state index contributed by atoms with van der Waals surface area (Å²) in [6, 6.07) is 7.97. The first-order chi connectivity index (χ1) is 14.2. The lowest BCUT2D eigenvalue weighted by atomic mass is 9.98. The third-order valence-electron chi connectivity index (χ3n) is 5.69. The molecule has 2 fully saturated rings. The van der Waals surface area contributed by atoms with E-state index in [9.17, 15) is 4.79 Å². The van der Waals surface area contributed by atoms with Crippen molar-refractivity contribution in [2.75, 3.05) is 53.0 Å². The molecule has 2 aliphatic rings. The van der Waals surface area contributed by atoms with Gasteiger partial charge in [-0.05, 0) is 30.5 Å². The van der Waals surface area contributed by atoms with Crippen LogP contribution in [-0.2, 0) is 16.0 Å². The van der Waals surface area contributed by atoms with Gasteiger partial charge in [0, 0.05) is 32.6 Å². The van der Waals surface area contributed by atoms with E-state index in [4.69, 9.17) is 13.9 Å². The lowest BCUT2D eigenvalue weighted by molar-refractivity contribution is -0.134. The van der Waals surface area contributed by atoms with Crippen LogP contribution in [0.15, 0.2) is 34.9 Å². The topological polar surface area (TPSA) is 68.0 Å². The minimum absolute atomic E-state index is 0.169. The number of ether oxygens (including phenoxy) is 2. The number of hydrogen-bond acceptors (Lipinski definition) is 6. The number of methoxy groups -OCH3 is 1. The van der Waals surface area contributed by atoms with Crippen molar-refractivity contribution in [3.05, 3.63) is 47.7 Å². The van der Waals surface area contributed by atoms with E-state index >= 15 is 0 Å². The SMILES string of the molecule is COc1ccc(Cc2cnc([C@H]3CCCN(C(=O)CN4CCOCC4)C3)o2)cc1. The number of likely N-dealkylation sites (tertiary alicyclic amines) is 1. The highest BCUT2D eigenvalue weighted by Crippen LogP contribution is 2.27. The van der Waals surface area contributed by atoms with Crippen LogP contribution in [0.2, 0.25) is 0 Å². The van der Waals surface area contributed by atoms with Crippen molar-refractivity contribution in [3.63, 3.8) is 0 Å². The van der Waals surface area contributed by atoms with Crippen LogP contribution in [0.4, 0.5) is 0 Å². The van der Waals surface area contributed by atoms with Gasteiger partial charge in [0.05, 0.1) is 39.0 Å². The lowest BCUT2D eigenvalue weighted by Crippen LogP contribution is -2.47. The van der Waals surface area contributed by atoms with Gasteiger partial charge in [-0.1, -0.05) is 12.1 Å². The van der Waals surface area contributed by atoms with Crippen LogP contribution in [0.25, 0.3) is 0 Å². The number of piperidine rings is 1. The van der Waals surface area contributed by atoms with Crippen molar-refractivity contribution in [2.45, 2.75) is 25.2 Å². The van der Waals surface area contributed by atoms with E-state index in [1.165, 1.54) is 0 Å². The summed E-state index contributed by atoms with van der Waals surface area (Å²) in [5.41, 5.74) is 1.15. The van der Waals surface area contributed by atoms with E-state index in [-0.39, 0.29) is 11.8 Å². The minimum Gasteiger partial charge on any atom is -0.497 e. The van der Waals surface area contributed by atoms with Crippen LogP contribution in [0.1, 0.15) is 36.0 Å². The fraction of sp³-hybridized carbons (Fsp3) is 0.545. The van der Waals surface area contributed by atoms with Gasteiger partial charge in [-0.15, -0.1) is 0 Å². The molecule has 156 valence electrons. The van der Waals surface area contributed by atoms with Crippen LogP contribution in [0, 0.1) is 0 Å². The Labute approximate surface area is 171 Å². The summed E-state index contributed by atoms with van der Waals surface area (Å²) < 4.78 is 16.6. The van der Waals surface area contributed by atoms with E-state index in [0.717, 1.165) is 55.4 Å². The van der Waals surface area contributed by atoms with Crippen molar-refractivity contribution in [3.8, 4) is 5.75 Å². The number of morpholine rings is 1. The van der Waals surface area contributed by atoms with Gasteiger partial charge in [0.15, 0.2) is 5.89 Å². The molecule has 0 bridgehead atoms. The zero-order valence-electron chi connectivity index (χ0n) is 17.0. The van der Waals surface area contributed by atoms with Crippen LogP contribution in [0.3, 0.4) is 0 Å². The van der Waals surface area contributed by atoms with Gasteiger partial charge in [0.2, 0.25) is 5.91 Å². The van der Waals surface area contributed by atoms with Crippen LogP contribution >= 0.6 is 0 Å². The molecule has 0 N–H and O–H groups in total. The Morgan fingerprint density at radius 2 is 2.00 bits per heavy atom. The molecule has 3 heterocycles. The van der Waals surface area contributed by atoms with Crippen molar-refractivity contribution >= 4 is 5.91 Å². The lowest BCUT2D eigenvalue weighted by Gasteiger charge is -2.34. The molecular formula is C22H29N3O4. The molecule has 1 aromatic heterocycles. The Bertz CT molecular complexity index is 799. The monoisotopic (exact) mass is 399 g/mol. The van der Waals surface area contributed by atoms with Crippen LogP contribution in [-0.4, -0.2) is 73.7 Å².